The van der Waals surface area contributed by atoms with Gasteiger partial charge in [0.25, 0.3) is 0 Å². The van der Waals surface area contributed by atoms with Crippen molar-refractivity contribution in [2.45, 2.75) is 313 Å². The van der Waals surface area contributed by atoms with Crippen LogP contribution in [0.25, 0.3) is 0 Å². The third-order valence-corrected chi connectivity index (χ3v) is 14.4. The van der Waals surface area contributed by atoms with Crippen molar-refractivity contribution in [3.05, 3.63) is 0 Å². The first kappa shape index (κ1) is 63.9. The number of phosphoric acid groups is 1. The van der Waals surface area contributed by atoms with Gasteiger partial charge >= 0.3 is 19.8 Å². The van der Waals surface area contributed by atoms with Crippen LogP contribution < -0.4 is 0 Å². The maximum atomic E-state index is 12.9. The Kier molecular flexibility index (Phi) is 41.6. The minimum absolute atomic E-state index is 0.105. The van der Waals surface area contributed by atoms with E-state index in [2.05, 4.69) is 13.8 Å². The molecule has 0 amide bonds. The van der Waals surface area contributed by atoms with E-state index in [4.69, 9.17) is 18.5 Å². The molecule has 13 nitrogen and oxygen atoms in total. The highest BCUT2D eigenvalue weighted by atomic mass is 31.2. The van der Waals surface area contributed by atoms with E-state index in [9.17, 15) is 44.6 Å². The van der Waals surface area contributed by atoms with E-state index in [1.165, 1.54) is 193 Å². The lowest BCUT2D eigenvalue weighted by Gasteiger charge is -2.41. The number of carbonyl (C=O) groups excluding carboxylic acids is 2. The highest BCUT2D eigenvalue weighted by molar-refractivity contribution is 7.47. The van der Waals surface area contributed by atoms with Gasteiger partial charge in [-0.25, -0.2) is 4.57 Å². The van der Waals surface area contributed by atoms with Crippen LogP contribution in [0.3, 0.4) is 0 Å². The number of hydrogen-bond acceptors (Lipinski definition) is 12. The molecule has 0 radical (unpaired) electrons. The second-order valence-corrected chi connectivity index (χ2v) is 21.2. The fourth-order valence-electron chi connectivity index (χ4n) is 9.00. The highest BCUT2D eigenvalue weighted by Gasteiger charge is 2.51. The zero-order chi connectivity index (χ0) is 49.2. The van der Waals surface area contributed by atoms with Crippen molar-refractivity contribution < 1.29 is 63.1 Å². The standard InChI is InChI=1S/C53H103O13P/c1-3-5-7-9-11-13-15-17-19-21-22-23-24-25-26-28-29-31-33-35-37-39-41-46(54)63-43-45(44-64-67(61,62)66-53-51(59)49(57)48(56)50(58)52(53)60)65-47(55)42-40-38-36-34-32-30-27-20-18-16-14-12-10-8-6-4-2/h45,48-53,56-60H,3-44H2,1-2H3,(H,61,62)/t45-,48?,49-,50?,51?,52?,53?/m0/s1. The van der Waals surface area contributed by atoms with Gasteiger partial charge in [0, 0.05) is 12.8 Å². The summed E-state index contributed by atoms with van der Waals surface area (Å²) < 4.78 is 33.7. The molecular formula is C53H103O13P. The second kappa shape index (κ2) is 43.6. The Morgan fingerprint density at radius 2 is 0.672 bits per heavy atom. The lowest BCUT2D eigenvalue weighted by atomic mass is 9.85. The van der Waals surface area contributed by atoms with Gasteiger partial charge in [0.15, 0.2) is 6.10 Å². The number of esters is 2. The number of unbranched alkanes of at least 4 members (excludes halogenated alkanes) is 36. The largest absolute Gasteiger partial charge is 0.472 e. The first-order valence-electron chi connectivity index (χ1n) is 27.8. The highest BCUT2D eigenvalue weighted by Crippen LogP contribution is 2.47. The minimum atomic E-state index is -5.12. The summed E-state index contributed by atoms with van der Waals surface area (Å²) in [5, 5.41) is 50.3. The van der Waals surface area contributed by atoms with Gasteiger partial charge in [0.05, 0.1) is 6.61 Å². The maximum Gasteiger partial charge on any atom is 0.472 e. The number of ether oxygens (including phenoxy) is 2. The number of aliphatic hydroxyl groups is 5. The van der Waals surface area contributed by atoms with Crippen molar-refractivity contribution in [3.63, 3.8) is 0 Å². The van der Waals surface area contributed by atoms with Crippen molar-refractivity contribution in [2.75, 3.05) is 13.2 Å². The molecule has 0 spiro atoms. The summed E-state index contributed by atoms with van der Waals surface area (Å²) in [5.74, 6) is -1.08. The second-order valence-electron chi connectivity index (χ2n) is 19.8. The molecule has 8 atom stereocenters. The third kappa shape index (κ3) is 35.6. The third-order valence-electron chi connectivity index (χ3n) is 13.4. The van der Waals surface area contributed by atoms with Crippen LogP contribution in [-0.4, -0.2) is 98.3 Å². The Morgan fingerprint density at radius 3 is 0.985 bits per heavy atom. The molecule has 0 aromatic carbocycles. The fraction of sp³-hybridized carbons (Fsp3) is 0.962. The topological polar surface area (TPSA) is 210 Å². The Morgan fingerprint density at radius 1 is 0.403 bits per heavy atom. The van der Waals surface area contributed by atoms with Gasteiger partial charge in [-0.1, -0.05) is 245 Å². The summed E-state index contributed by atoms with van der Waals surface area (Å²) in [6, 6.07) is 0. The van der Waals surface area contributed by atoms with E-state index in [0.29, 0.717) is 12.8 Å². The summed E-state index contributed by atoms with van der Waals surface area (Å²) in [6.07, 6.45) is 34.4. The molecule has 6 N–H and O–H groups in total. The molecule has 0 aromatic rings. The lowest BCUT2D eigenvalue weighted by molar-refractivity contribution is -0.220. The van der Waals surface area contributed by atoms with Gasteiger partial charge < -0.3 is 39.9 Å². The predicted octanol–water partition coefficient (Wildman–Crippen LogP) is 12.4. The Bertz CT molecular complexity index is 1180. The molecular weight excluding hydrogens is 876 g/mol. The first-order valence-corrected chi connectivity index (χ1v) is 29.3. The van der Waals surface area contributed by atoms with E-state index in [1.54, 1.807) is 0 Å². The van der Waals surface area contributed by atoms with Crippen LogP contribution in [0.15, 0.2) is 0 Å². The molecule has 398 valence electrons. The van der Waals surface area contributed by atoms with Gasteiger partial charge in [-0.05, 0) is 12.8 Å². The van der Waals surface area contributed by atoms with E-state index in [0.717, 1.165) is 38.5 Å². The maximum absolute atomic E-state index is 12.9. The molecule has 0 aromatic heterocycles. The monoisotopic (exact) mass is 979 g/mol. The number of phosphoric ester groups is 1. The average Bonchev–Trinajstić information content (AvgIpc) is 3.31. The molecule has 0 aliphatic heterocycles. The van der Waals surface area contributed by atoms with Gasteiger partial charge in [-0.3, -0.25) is 18.6 Å². The van der Waals surface area contributed by atoms with Crippen LogP contribution in [0.4, 0.5) is 0 Å². The smallest absolute Gasteiger partial charge is 0.462 e. The van der Waals surface area contributed by atoms with Crippen molar-refractivity contribution in [3.8, 4) is 0 Å². The van der Waals surface area contributed by atoms with E-state index >= 15 is 0 Å². The number of carbonyl (C=O) groups is 2. The average molecular weight is 979 g/mol. The van der Waals surface area contributed by atoms with Crippen LogP contribution in [0, 0.1) is 0 Å². The van der Waals surface area contributed by atoms with Crippen LogP contribution in [0.5, 0.6) is 0 Å². The van der Waals surface area contributed by atoms with Crippen LogP contribution in [0.2, 0.25) is 0 Å². The molecule has 1 rings (SSSR count). The molecule has 0 heterocycles. The molecule has 14 heteroatoms. The van der Waals surface area contributed by atoms with Gasteiger partial charge in [0.2, 0.25) is 0 Å². The summed E-state index contributed by atoms with van der Waals surface area (Å²) in [6.45, 7) is 3.36. The summed E-state index contributed by atoms with van der Waals surface area (Å²) in [4.78, 5) is 35.9. The molecule has 6 unspecified atom stereocenters. The first-order chi connectivity index (χ1) is 32.4. The fourth-order valence-corrected chi connectivity index (χ4v) is 9.97. The predicted molar refractivity (Wildman–Crippen MR) is 268 cm³/mol. The van der Waals surface area contributed by atoms with E-state index in [1.807, 2.05) is 0 Å². The normalized spacial score (nSPS) is 21.0. The molecule has 1 saturated carbocycles. The zero-order valence-corrected chi connectivity index (χ0v) is 43.6. The number of hydrogen-bond donors (Lipinski definition) is 6. The molecule has 1 aliphatic carbocycles. The van der Waals surface area contributed by atoms with Crippen molar-refractivity contribution in [2.24, 2.45) is 0 Å². The zero-order valence-electron chi connectivity index (χ0n) is 42.7. The van der Waals surface area contributed by atoms with Gasteiger partial charge in [0.1, 0.15) is 43.2 Å². The Hall–Kier alpha value is -1.15. The van der Waals surface area contributed by atoms with Crippen molar-refractivity contribution in [1.82, 2.24) is 0 Å². The molecule has 0 saturated heterocycles. The Balaban J connectivity index is 2.32. The number of rotatable bonds is 48. The van der Waals surface area contributed by atoms with Gasteiger partial charge in [-0.15, -0.1) is 0 Å². The van der Waals surface area contributed by atoms with Gasteiger partial charge in [-0.2, -0.15) is 0 Å². The summed E-state index contributed by atoms with van der Waals surface area (Å²) >= 11 is 0. The van der Waals surface area contributed by atoms with Crippen LogP contribution in [0.1, 0.15) is 271 Å². The van der Waals surface area contributed by atoms with E-state index in [-0.39, 0.29) is 12.8 Å². The summed E-state index contributed by atoms with van der Waals surface area (Å²) in [7, 11) is -5.12. The molecule has 0 bridgehead atoms. The van der Waals surface area contributed by atoms with Crippen molar-refractivity contribution >= 4 is 19.8 Å². The van der Waals surface area contributed by atoms with Crippen LogP contribution in [-0.2, 0) is 32.7 Å². The SMILES string of the molecule is CCCCCCCCCCCCCCCCCCCCCCCCC(=O)OC[C@@H](COP(=O)(O)OC1C(O)C(O)C(O)[C@H](O)C1O)OC(=O)CCCCCCCCCCCCCCCCCC. The minimum Gasteiger partial charge on any atom is -0.462 e. The Labute approximate surface area is 408 Å². The quantitative estimate of drug-likeness (QED) is 0.0191. The lowest BCUT2D eigenvalue weighted by Crippen LogP contribution is -2.64. The summed E-state index contributed by atoms with van der Waals surface area (Å²) in [5.41, 5.74) is 0. The van der Waals surface area contributed by atoms with E-state index < -0.39 is 75.7 Å². The number of aliphatic hydroxyl groups excluding tert-OH is 5. The molecule has 1 fully saturated rings. The molecule has 67 heavy (non-hydrogen) atoms. The van der Waals surface area contributed by atoms with Crippen molar-refractivity contribution in [1.29, 1.82) is 0 Å². The van der Waals surface area contributed by atoms with Crippen LogP contribution >= 0.6 is 7.82 Å². The molecule has 1 aliphatic rings.